The van der Waals surface area contributed by atoms with Crippen molar-refractivity contribution in [1.29, 1.82) is 0 Å². The second kappa shape index (κ2) is 8.71. The van der Waals surface area contributed by atoms with Gasteiger partial charge >= 0.3 is 0 Å². The summed E-state index contributed by atoms with van der Waals surface area (Å²) in [6, 6.07) is 8.56. The molecule has 2 N–H and O–H groups in total. The lowest BCUT2D eigenvalue weighted by molar-refractivity contribution is -0.121. The van der Waals surface area contributed by atoms with Crippen LogP contribution in [0, 0.1) is 0 Å². The minimum atomic E-state index is 0.205. The molecule has 1 aromatic rings. The quantitative estimate of drug-likeness (QED) is 0.713. The van der Waals surface area contributed by atoms with Crippen molar-refractivity contribution < 1.29 is 4.79 Å². The third-order valence-corrected chi connectivity index (χ3v) is 4.15. The van der Waals surface area contributed by atoms with E-state index in [2.05, 4.69) is 35.8 Å². The lowest BCUT2D eigenvalue weighted by Gasteiger charge is -2.26. The molecule has 1 heterocycles. The third-order valence-electron chi connectivity index (χ3n) is 4.15. The van der Waals surface area contributed by atoms with Gasteiger partial charge in [0.1, 0.15) is 0 Å². The first kappa shape index (κ1) is 15.9. The van der Waals surface area contributed by atoms with Crippen LogP contribution in [0.25, 0.3) is 0 Å². The maximum absolute atomic E-state index is 12.0. The topological polar surface area (TPSA) is 41.1 Å². The molecule has 0 saturated heterocycles. The summed E-state index contributed by atoms with van der Waals surface area (Å²) in [6.45, 7) is 3.06. The summed E-state index contributed by atoms with van der Waals surface area (Å²) in [5.74, 6) is 0.205. The summed E-state index contributed by atoms with van der Waals surface area (Å²) in [5, 5.41) is 6.55. The summed E-state index contributed by atoms with van der Waals surface area (Å²) in [5.41, 5.74) is 2.51. The van der Waals surface area contributed by atoms with Gasteiger partial charge in [-0.05, 0) is 24.5 Å². The van der Waals surface area contributed by atoms with Gasteiger partial charge in [-0.1, -0.05) is 57.2 Å². The first-order chi connectivity index (χ1) is 10.3. The van der Waals surface area contributed by atoms with Crippen LogP contribution in [0.4, 0.5) is 5.69 Å². The zero-order chi connectivity index (χ0) is 14.9. The molecule has 116 valence electrons. The summed E-state index contributed by atoms with van der Waals surface area (Å²) in [6.07, 6.45) is 8.97. The van der Waals surface area contributed by atoms with Crippen LogP contribution in [0.15, 0.2) is 24.3 Å². The zero-order valence-electron chi connectivity index (χ0n) is 13.2. The minimum absolute atomic E-state index is 0.205. The molecule has 0 bridgehead atoms. The number of carbonyl (C=O) groups is 1. The molecule has 3 heteroatoms. The zero-order valence-corrected chi connectivity index (χ0v) is 13.2. The first-order valence-corrected chi connectivity index (χ1v) is 8.40. The number of carbonyl (C=O) groups excluding carboxylic acids is 1. The Morgan fingerprint density at radius 1 is 1.19 bits per heavy atom. The average molecular weight is 288 g/mol. The number of para-hydroxylation sites is 1. The summed E-state index contributed by atoms with van der Waals surface area (Å²) in [7, 11) is 0. The van der Waals surface area contributed by atoms with Crippen LogP contribution in [0.3, 0.4) is 0 Å². The Hall–Kier alpha value is -1.51. The predicted octanol–water partition coefficient (Wildman–Crippen LogP) is 3.89. The molecule has 1 amide bonds. The van der Waals surface area contributed by atoms with Crippen molar-refractivity contribution in [3.63, 3.8) is 0 Å². The largest absolute Gasteiger partial charge is 0.383 e. The maximum Gasteiger partial charge on any atom is 0.220 e. The Bertz CT molecular complexity index is 445. The fraction of sp³-hybridized carbons (Fsp3) is 0.611. The van der Waals surface area contributed by atoms with Gasteiger partial charge in [-0.15, -0.1) is 0 Å². The van der Waals surface area contributed by atoms with Crippen molar-refractivity contribution in [2.75, 3.05) is 11.9 Å². The lowest BCUT2D eigenvalue weighted by Crippen LogP contribution is -2.43. The van der Waals surface area contributed by atoms with Crippen molar-refractivity contribution in [1.82, 2.24) is 5.32 Å². The Morgan fingerprint density at radius 2 is 1.95 bits per heavy atom. The molecule has 0 saturated carbocycles. The van der Waals surface area contributed by atoms with Gasteiger partial charge in [-0.3, -0.25) is 4.79 Å². The molecular formula is C18H28N2O. The summed E-state index contributed by atoms with van der Waals surface area (Å²) in [4.78, 5) is 12.0. The number of fused-ring (bicyclic) bond motifs is 1. The average Bonchev–Trinajstić information content (AvgIpc) is 2.50. The van der Waals surface area contributed by atoms with Crippen molar-refractivity contribution in [2.45, 2.75) is 64.3 Å². The van der Waals surface area contributed by atoms with Crippen LogP contribution in [-0.2, 0) is 11.2 Å². The number of amides is 1. The summed E-state index contributed by atoms with van der Waals surface area (Å²) >= 11 is 0. The highest BCUT2D eigenvalue weighted by Gasteiger charge is 2.18. The van der Waals surface area contributed by atoms with Gasteiger partial charge in [0.05, 0.1) is 6.04 Å². The van der Waals surface area contributed by atoms with Crippen LogP contribution in [-0.4, -0.2) is 18.5 Å². The van der Waals surface area contributed by atoms with Gasteiger partial charge < -0.3 is 10.6 Å². The lowest BCUT2D eigenvalue weighted by atomic mass is 9.99. The number of nitrogens with one attached hydrogen (secondary N) is 2. The maximum atomic E-state index is 12.0. The van der Waals surface area contributed by atoms with Crippen molar-refractivity contribution in [3.05, 3.63) is 29.8 Å². The van der Waals surface area contributed by atoms with Crippen LogP contribution < -0.4 is 10.6 Å². The molecule has 1 atom stereocenters. The Labute approximate surface area is 128 Å². The molecule has 0 fully saturated rings. The SMILES string of the molecule is CCCCCCCCC(=O)NC1CNc2ccccc2C1. The van der Waals surface area contributed by atoms with E-state index in [9.17, 15) is 4.79 Å². The van der Waals surface area contributed by atoms with E-state index in [0.717, 1.165) is 19.4 Å². The van der Waals surface area contributed by atoms with Crippen molar-refractivity contribution >= 4 is 11.6 Å². The Kier molecular flexibility index (Phi) is 6.58. The van der Waals surface area contributed by atoms with Gasteiger partial charge in [-0.25, -0.2) is 0 Å². The van der Waals surface area contributed by atoms with Crippen LogP contribution >= 0.6 is 0 Å². The number of anilines is 1. The van der Waals surface area contributed by atoms with E-state index in [-0.39, 0.29) is 11.9 Å². The fourth-order valence-corrected chi connectivity index (χ4v) is 2.91. The highest BCUT2D eigenvalue weighted by Crippen LogP contribution is 2.21. The Balaban J connectivity index is 1.63. The predicted molar refractivity (Wildman–Crippen MR) is 88.6 cm³/mol. The molecule has 1 aliphatic heterocycles. The normalized spacial score (nSPS) is 16.9. The number of hydrogen-bond acceptors (Lipinski definition) is 2. The second-order valence-corrected chi connectivity index (χ2v) is 6.02. The van der Waals surface area contributed by atoms with Gasteiger partial charge in [0.15, 0.2) is 0 Å². The number of benzene rings is 1. The van der Waals surface area contributed by atoms with Gasteiger partial charge in [-0.2, -0.15) is 0 Å². The van der Waals surface area contributed by atoms with E-state index >= 15 is 0 Å². The molecule has 1 unspecified atom stereocenters. The van der Waals surface area contributed by atoms with Crippen LogP contribution in [0.1, 0.15) is 57.4 Å². The molecule has 2 rings (SSSR count). The van der Waals surface area contributed by atoms with E-state index in [4.69, 9.17) is 0 Å². The van der Waals surface area contributed by atoms with E-state index in [0.29, 0.717) is 6.42 Å². The molecule has 1 aliphatic rings. The van der Waals surface area contributed by atoms with Gasteiger partial charge in [0, 0.05) is 18.7 Å². The summed E-state index contributed by atoms with van der Waals surface area (Å²) < 4.78 is 0. The molecule has 0 spiro atoms. The standard InChI is InChI=1S/C18H28N2O/c1-2-3-4-5-6-7-12-18(21)20-16-13-15-10-8-9-11-17(15)19-14-16/h8-11,16,19H,2-7,12-14H2,1H3,(H,20,21). The van der Waals surface area contributed by atoms with Crippen molar-refractivity contribution in [2.24, 2.45) is 0 Å². The molecule has 1 aromatic carbocycles. The molecule has 3 nitrogen and oxygen atoms in total. The van der Waals surface area contributed by atoms with Crippen LogP contribution in [0.2, 0.25) is 0 Å². The van der Waals surface area contributed by atoms with Crippen molar-refractivity contribution in [3.8, 4) is 0 Å². The van der Waals surface area contributed by atoms with Gasteiger partial charge in [0.25, 0.3) is 0 Å². The highest BCUT2D eigenvalue weighted by atomic mass is 16.1. The molecule has 0 aromatic heterocycles. The van der Waals surface area contributed by atoms with Crippen LogP contribution in [0.5, 0.6) is 0 Å². The van der Waals surface area contributed by atoms with E-state index < -0.39 is 0 Å². The first-order valence-electron chi connectivity index (χ1n) is 8.40. The van der Waals surface area contributed by atoms with Gasteiger partial charge in [0.2, 0.25) is 5.91 Å². The Morgan fingerprint density at radius 3 is 2.81 bits per heavy atom. The third kappa shape index (κ3) is 5.41. The fourth-order valence-electron chi connectivity index (χ4n) is 2.91. The number of unbranched alkanes of at least 4 members (excludes halogenated alkanes) is 5. The number of rotatable bonds is 8. The second-order valence-electron chi connectivity index (χ2n) is 6.02. The highest BCUT2D eigenvalue weighted by molar-refractivity contribution is 5.76. The molecule has 21 heavy (non-hydrogen) atoms. The molecule has 0 radical (unpaired) electrons. The molecule has 0 aliphatic carbocycles. The molecular weight excluding hydrogens is 260 g/mol. The van der Waals surface area contributed by atoms with E-state index in [1.807, 2.05) is 6.07 Å². The monoisotopic (exact) mass is 288 g/mol. The van der Waals surface area contributed by atoms with E-state index in [1.165, 1.54) is 43.4 Å². The number of hydrogen-bond donors (Lipinski definition) is 2. The van der Waals surface area contributed by atoms with E-state index in [1.54, 1.807) is 0 Å². The smallest absolute Gasteiger partial charge is 0.220 e. The minimum Gasteiger partial charge on any atom is -0.383 e.